The molecule has 1 aromatic carbocycles. The molecule has 0 atom stereocenters. The summed E-state index contributed by atoms with van der Waals surface area (Å²) in [5, 5.41) is 2.63. The van der Waals surface area contributed by atoms with E-state index in [0.717, 1.165) is 33.9 Å². The van der Waals surface area contributed by atoms with E-state index in [2.05, 4.69) is 15.2 Å². The molecule has 0 unspecified atom stereocenters. The summed E-state index contributed by atoms with van der Waals surface area (Å²) in [6, 6.07) is 3.91. The Kier molecular flexibility index (Phi) is 6.20. The van der Waals surface area contributed by atoms with Crippen molar-refractivity contribution in [2.75, 3.05) is 27.7 Å². The number of carbonyl (C=O) groups is 1. The summed E-state index contributed by atoms with van der Waals surface area (Å²) in [7, 11) is 5.29. The minimum Gasteiger partial charge on any atom is -0.496 e. The average molecular weight is 345 g/mol. The predicted molar refractivity (Wildman–Crippen MR) is 97.7 cm³/mol. The van der Waals surface area contributed by atoms with Crippen molar-refractivity contribution in [3.05, 3.63) is 34.7 Å². The number of benzene rings is 1. The zero-order chi connectivity index (χ0) is 18.6. The van der Waals surface area contributed by atoms with Crippen LogP contribution in [0.5, 0.6) is 5.75 Å². The Hall–Kier alpha value is -2.34. The number of methoxy groups -OCH3 is 1. The van der Waals surface area contributed by atoms with Gasteiger partial charge in [-0.1, -0.05) is 0 Å². The molecule has 0 saturated heterocycles. The van der Waals surface area contributed by atoms with Crippen molar-refractivity contribution in [1.29, 1.82) is 0 Å². The standard InChI is InChI=1S/C19H27N3O3/c1-12-13(2)17(24-6)8-7-15(12)19-21-16(14(3)25-19)11-22(5)10-9-18(23)20-4/h7-8H,9-11H2,1-6H3,(H,20,23). The first kappa shape index (κ1) is 19.0. The van der Waals surface area contributed by atoms with E-state index >= 15 is 0 Å². The Bertz CT molecular complexity index is 753. The molecule has 1 heterocycles. The first-order chi connectivity index (χ1) is 11.9. The van der Waals surface area contributed by atoms with Gasteiger partial charge in [0.1, 0.15) is 11.5 Å². The molecule has 6 heteroatoms. The highest BCUT2D eigenvalue weighted by Crippen LogP contribution is 2.31. The van der Waals surface area contributed by atoms with Crippen molar-refractivity contribution in [2.24, 2.45) is 0 Å². The molecule has 0 aliphatic carbocycles. The van der Waals surface area contributed by atoms with Gasteiger partial charge in [-0.15, -0.1) is 0 Å². The van der Waals surface area contributed by atoms with Gasteiger partial charge in [-0.3, -0.25) is 9.69 Å². The summed E-state index contributed by atoms with van der Waals surface area (Å²) < 4.78 is 11.3. The number of hydrogen-bond donors (Lipinski definition) is 1. The molecular formula is C19H27N3O3. The van der Waals surface area contributed by atoms with Crippen LogP contribution in [0.2, 0.25) is 0 Å². The summed E-state index contributed by atoms with van der Waals surface area (Å²) >= 11 is 0. The zero-order valence-corrected chi connectivity index (χ0v) is 15.9. The van der Waals surface area contributed by atoms with Crippen molar-refractivity contribution in [1.82, 2.24) is 15.2 Å². The number of nitrogens with zero attached hydrogens (tertiary/aromatic N) is 2. The number of carbonyl (C=O) groups excluding carboxylic acids is 1. The first-order valence-electron chi connectivity index (χ1n) is 8.37. The molecular weight excluding hydrogens is 318 g/mol. The summed E-state index contributed by atoms with van der Waals surface area (Å²) in [5.41, 5.74) is 4.04. The van der Waals surface area contributed by atoms with E-state index < -0.39 is 0 Å². The highest BCUT2D eigenvalue weighted by Gasteiger charge is 2.17. The van der Waals surface area contributed by atoms with Crippen LogP contribution in [0.4, 0.5) is 0 Å². The maximum absolute atomic E-state index is 11.4. The Morgan fingerprint density at radius 2 is 2.00 bits per heavy atom. The Labute approximate surface area is 149 Å². The van der Waals surface area contributed by atoms with E-state index in [1.807, 2.05) is 40.0 Å². The highest BCUT2D eigenvalue weighted by molar-refractivity contribution is 5.75. The lowest BCUT2D eigenvalue weighted by Crippen LogP contribution is -2.26. The van der Waals surface area contributed by atoms with E-state index in [1.165, 1.54) is 0 Å². The highest BCUT2D eigenvalue weighted by atomic mass is 16.5. The van der Waals surface area contributed by atoms with Crippen molar-refractivity contribution in [2.45, 2.75) is 33.7 Å². The molecule has 1 N–H and O–H groups in total. The molecule has 6 nitrogen and oxygen atoms in total. The third-order valence-corrected chi connectivity index (χ3v) is 4.50. The molecule has 0 bridgehead atoms. The molecule has 0 radical (unpaired) electrons. The van der Waals surface area contributed by atoms with Gasteiger partial charge >= 0.3 is 0 Å². The number of ether oxygens (including phenoxy) is 1. The van der Waals surface area contributed by atoms with Crippen molar-refractivity contribution in [3.8, 4) is 17.2 Å². The fourth-order valence-corrected chi connectivity index (χ4v) is 2.69. The lowest BCUT2D eigenvalue weighted by atomic mass is 10.0. The van der Waals surface area contributed by atoms with Gasteiger partial charge in [0.2, 0.25) is 11.8 Å². The largest absolute Gasteiger partial charge is 0.496 e. The first-order valence-corrected chi connectivity index (χ1v) is 8.37. The molecule has 0 spiro atoms. The van der Waals surface area contributed by atoms with Gasteiger partial charge in [-0.25, -0.2) is 4.98 Å². The smallest absolute Gasteiger partial charge is 0.226 e. The minimum atomic E-state index is 0.0359. The van der Waals surface area contributed by atoms with Crippen LogP contribution < -0.4 is 10.1 Å². The van der Waals surface area contributed by atoms with Crippen LogP contribution in [0.1, 0.15) is 29.0 Å². The number of aromatic nitrogens is 1. The van der Waals surface area contributed by atoms with E-state index in [0.29, 0.717) is 25.4 Å². The van der Waals surface area contributed by atoms with Crippen LogP contribution in [-0.4, -0.2) is 43.5 Å². The second-order valence-corrected chi connectivity index (χ2v) is 6.25. The fourth-order valence-electron chi connectivity index (χ4n) is 2.69. The summed E-state index contributed by atoms with van der Waals surface area (Å²) in [5.74, 6) is 2.32. The quantitative estimate of drug-likeness (QED) is 0.836. The molecule has 0 aliphatic rings. The van der Waals surface area contributed by atoms with Gasteiger partial charge in [-0.2, -0.15) is 0 Å². The van der Waals surface area contributed by atoms with E-state index in [1.54, 1.807) is 14.2 Å². The van der Waals surface area contributed by atoms with Crippen molar-refractivity contribution < 1.29 is 13.9 Å². The monoisotopic (exact) mass is 345 g/mol. The molecule has 0 saturated carbocycles. The second-order valence-electron chi connectivity index (χ2n) is 6.25. The normalized spacial score (nSPS) is 11.0. The summed E-state index contributed by atoms with van der Waals surface area (Å²) in [4.78, 5) is 18.1. The SMILES string of the molecule is CNC(=O)CCN(C)Cc1nc(-c2ccc(OC)c(C)c2C)oc1C. The van der Waals surface area contributed by atoms with Crippen LogP contribution in [0.25, 0.3) is 11.5 Å². The lowest BCUT2D eigenvalue weighted by Gasteiger charge is -2.14. The second kappa shape index (κ2) is 8.16. The zero-order valence-electron chi connectivity index (χ0n) is 15.9. The van der Waals surface area contributed by atoms with E-state index in [-0.39, 0.29) is 5.91 Å². The molecule has 1 aromatic heterocycles. The molecule has 2 aromatic rings. The van der Waals surface area contributed by atoms with Gasteiger partial charge in [0, 0.05) is 32.1 Å². The number of aryl methyl sites for hydroxylation is 1. The predicted octanol–water partition coefficient (Wildman–Crippen LogP) is 2.84. The Balaban J connectivity index is 2.17. The van der Waals surface area contributed by atoms with Crippen molar-refractivity contribution >= 4 is 5.91 Å². The third-order valence-electron chi connectivity index (χ3n) is 4.50. The number of amides is 1. The third kappa shape index (κ3) is 4.39. The maximum atomic E-state index is 11.4. The molecule has 25 heavy (non-hydrogen) atoms. The van der Waals surface area contributed by atoms with Crippen LogP contribution in [0, 0.1) is 20.8 Å². The number of rotatable bonds is 7. The molecule has 2 rings (SSSR count). The van der Waals surface area contributed by atoms with Crippen LogP contribution in [0.3, 0.4) is 0 Å². The van der Waals surface area contributed by atoms with E-state index in [4.69, 9.17) is 9.15 Å². The van der Waals surface area contributed by atoms with Gasteiger partial charge in [0.15, 0.2) is 0 Å². The molecule has 1 amide bonds. The summed E-state index contributed by atoms with van der Waals surface area (Å²) in [6.07, 6.45) is 0.466. The lowest BCUT2D eigenvalue weighted by molar-refractivity contribution is -0.120. The number of oxazole rings is 1. The molecule has 0 aliphatic heterocycles. The Morgan fingerprint density at radius 1 is 1.28 bits per heavy atom. The Morgan fingerprint density at radius 3 is 2.64 bits per heavy atom. The summed E-state index contributed by atoms with van der Waals surface area (Å²) in [6.45, 7) is 7.30. The van der Waals surface area contributed by atoms with Gasteiger partial charge < -0.3 is 14.5 Å². The topological polar surface area (TPSA) is 67.6 Å². The number of nitrogens with one attached hydrogen (secondary N) is 1. The minimum absolute atomic E-state index is 0.0359. The van der Waals surface area contributed by atoms with Crippen LogP contribution in [-0.2, 0) is 11.3 Å². The maximum Gasteiger partial charge on any atom is 0.226 e. The molecule has 0 fully saturated rings. The van der Waals surface area contributed by atoms with Gasteiger partial charge in [-0.05, 0) is 51.1 Å². The van der Waals surface area contributed by atoms with E-state index in [9.17, 15) is 4.79 Å². The fraction of sp³-hybridized carbons (Fsp3) is 0.474. The van der Waals surface area contributed by atoms with Crippen LogP contribution in [0.15, 0.2) is 16.5 Å². The molecule has 136 valence electrons. The van der Waals surface area contributed by atoms with Crippen LogP contribution >= 0.6 is 0 Å². The van der Waals surface area contributed by atoms with Gasteiger partial charge in [0.25, 0.3) is 0 Å². The number of hydrogen-bond acceptors (Lipinski definition) is 5. The average Bonchev–Trinajstić information content (AvgIpc) is 2.95. The van der Waals surface area contributed by atoms with Gasteiger partial charge in [0.05, 0.1) is 12.8 Å². The van der Waals surface area contributed by atoms with Crippen molar-refractivity contribution in [3.63, 3.8) is 0 Å².